The first-order valence-corrected chi connectivity index (χ1v) is 6.29. The van der Waals surface area contributed by atoms with E-state index in [1.165, 1.54) is 6.92 Å². The zero-order valence-electron chi connectivity index (χ0n) is 11.5. The first-order valence-electron chi connectivity index (χ1n) is 6.29. The fraction of sp³-hybridized carbons (Fsp3) is 0.429. The molecule has 0 aromatic heterocycles. The van der Waals surface area contributed by atoms with Crippen LogP contribution in [0.25, 0.3) is 0 Å². The van der Waals surface area contributed by atoms with Gasteiger partial charge < -0.3 is 15.4 Å². The van der Waals surface area contributed by atoms with Crippen LogP contribution in [0.15, 0.2) is 24.3 Å². The maximum atomic E-state index is 11.4. The molecule has 0 radical (unpaired) electrons. The third-order valence-corrected chi connectivity index (χ3v) is 2.53. The van der Waals surface area contributed by atoms with Crippen molar-refractivity contribution in [2.24, 2.45) is 0 Å². The van der Waals surface area contributed by atoms with Gasteiger partial charge in [-0.2, -0.15) is 0 Å². The molecule has 104 valence electrons. The van der Waals surface area contributed by atoms with Crippen molar-refractivity contribution < 1.29 is 14.3 Å². The van der Waals surface area contributed by atoms with Gasteiger partial charge in [-0.15, -0.1) is 0 Å². The monoisotopic (exact) mass is 264 g/mol. The number of rotatable bonds is 6. The molecule has 0 saturated heterocycles. The van der Waals surface area contributed by atoms with Crippen LogP contribution in [0.5, 0.6) is 0 Å². The van der Waals surface area contributed by atoms with Gasteiger partial charge >= 0.3 is 5.97 Å². The third-order valence-electron chi connectivity index (χ3n) is 2.53. The van der Waals surface area contributed by atoms with E-state index < -0.39 is 0 Å². The quantitative estimate of drug-likeness (QED) is 0.767. The van der Waals surface area contributed by atoms with E-state index in [-0.39, 0.29) is 17.9 Å². The van der Waals surface area contributed by atoms with Crippen molar-refractivity contribution in [2.75, 3.05) is 11.9 Å². The molecule has 0 aliphatic heterocycles. The molecule has 5 nitrogen and oxygen atoms in total. The smallest absolute Gasteiger partial charge is 0.322 e. The van der Waals surface area contributed by atoms with Crippen LogP contribution in [0, 0.1) is 0 Å². The second kappa shape index (κ2) is 7.53. The molecule has 0 aliphatic rings. The fourth-order valence-corrected chi connectivity index (χ4v) is 1.53. The molecule has 1 unspecified atom stereocenters. The van der Waals surface area contributed by atoms with E-state index in [0.717, 1.165) is 11.3 Å². The van der Waals surface area contributed by atoms with Gasteiger partial charge in [-0.25, -0.2) is 0 Å². The minimum atomic E-state index is -0.338. The Labute approximate surface area is 113 Å². The van der Waals surface area contributed by atoms with Crippen molar-refractivity contribution in [2.45, 2.75) is 33.4 Å². The van der Waals surface area contributed by atoms with E-state index in [1.807, 2.05) is 24.3 Å². The molecule has 0 spiro atoms. The van der Waals surface area contributed by atoms with Crippen LogP contribution in [0.2, 0.25) is 0 Å². The van der Waals surface area contributed by atoms with E-state index in [4.69, 9.17) is 4.74 Å². The van der Waals surface area contributed by atoms with E-state index in [2.05, 4.69) is 10.6 Å². The Morgan fingerprint density at radius 2 is 1.89 bits per heavy atom. The Kier molecular flexibility index (Phi) is 6.02. The standard InChI is InChI=1S/C14H20N2O3/c1-4-19-14(18)10(2)15-9-12-5-7-13(8-6-12)16-11(3)17/h5-8,10,15H,4,9H2,1-3H3,(H,16,17). The molecule has 1 amide bonds. The van der Waals surface area contributed by atoms with Gasteiger partial charge in [0.1, 0.15) is 6.04 Å². The van der Waals surface area contributed by atoms with E-state index in [1.54, 1.807) is 13.8 Å². The molecule has 1 atom stereocenters. The molecular weight excluding hydrogens is 244 g/mol. The maximum absolute atomic E-state index is 11.4. The topological polar surface area (TPSA) is 67.4 Å². The first kappa shape index (κ1) is 15.2. The fourth-order valence-electron chi connectivity index (χ4n) is 1.53. The van der Waals surface area contributed by atoms with Gasteiger partial charge in [-0.05, 0) is 31.5 Å². The zero-order valence-corrected chi connectivity index (χ0v) is 11.5. The second-order valence-corrected chi connectivity index (χ2v) is 4.23. The Morgan fingerprint density at radius 3 is 2.42 bits per heavy atom. The summed E-state index contributed by atoms with van der Waals surface area (Å²) in [5.41, 5.74) is 1.79. The summed E-state index contributed by atoms with van der Waals surface area (Å²) in [6, 6.07) is 7.11. The number of amides is 1. The van der Waals surface area contributed by atoms with Crippen molar-refractivity contribution >= 4 is 17.6 Å². The third kappa shape index (κ3) is 5.52. The van der Waals surface area contributed by atoms with Gasteiger partial charge in [-0.1, -0.05) is 12.1 Å². The van der Waals surface area contributed by atoms with Crippen molar-refractivity contribution in [1.29, 1.82) is 0 Å². The van der Waals surface area contributed by atoms with Gasteiger partial charge in [0.2, 0.25) is 5.91 Å². The zero-order chi connectivity index (χ0) is 14.3. The largest absolute Gasteiger partial charge is 0.465 e. The van der Waals surface area contributed by atoms with Gasteiger partial charge in [0.05, 0.1) is 6.61 Å². The summed E-state index contributed by atoms with van der Waals surface area (Å²) in [6.07, 6.45) is 0. The lowest BCUT2D eigenvalue weighted by molar-refractivity contribution is -0.145. The lowest BCUT2D eigenvalue weighted by Crippen LogP contribution is -2.34. The predicted octanol–water partition coefficient (Wildman–Crippen LogP) is 1.69. The molecule has 1 aromatic carbocycles. The highest BCUT2D eigenvalue weighted by Crippen LogP contribution is 2.09. The normalized spacial score (nSPS) is 11.7. The first-order chi connectivity index (χ1) is 9.02. The summed E-state index contributed by atoms with van der Waals surface area (Å²) in [4.78, 5) is 22.3. The van der Waals surface area contributed by atoms with Crippen molar-refractivity contribution in [1.82, 2.24) is 5.32 Å². The summed E-state index contributed by atoms with van der Waals surface area (Å²) in [5.74, 6) is -0.348. The van der Waals surface area contributed by atoms with Gasteiger partial charge in [-0.3, -0.25) is 9.59 Å². The Hall–Kier alpha value is -1.88. The average Bonchev–Trinajstić information content (AvgIpc) is 2.37. The molecular formula is C14H20N2O3. The van der Waals surface area contributed by atoms with E-state index in [0.29, 0.717) is 13.2 Å². The Morgan fingerprint density at radius 1 is 1.26 bits per heavy atom. The highest BCUT2D eigenvalue weighted by atomic mass is 16.5. The number of hydrogen-bond acceptors (Lipinski definition) is 4. The van der Waals surface area contributed by atoms with Crippen molar-refractivity contribution in [3.63, 3.8) is 0 Å². The number of hydrogen-bond donors (Lipinski definition) is 2. The number of nitrogens with one attached hydrogen (secondary N) is 2. The lowest BCUT2D eigenvalue weighted by Gasteiger charge is -2.12. The number of esters is 1. The van der Waals surface area contributed by atoms with Crippen LogP contribution < -0.4 is 10.6 Å². The highest BCUT2D eigenvalue weighted by Gasteiger charge is 2.12. The molecule has 2 N–H and O–H groups in total. The van der Waals surface area contributed by atoms with Gasteiger partial charge in [0.15, 0.2) is 0 Å². The van der Waals surface area contributed by atoms with Crippen LogP contribution in [-0.2, 0) is 20.9 Å². The minimum absolute atomic E-state index is 0.0955. The molecule has 0 fully saturated rings. The van der Waals surface area contributed by atoms with E-state index in [9.17, 15) is 9.59 Å². The van der Waals surface area contributed by atoms with Crippen LogP contribution >= 0.6 is 0 Å². The van der Waals surface area contributed by atoms with Crippen LogP contribution in [-0.4, -0.2) is 24.5 Å². The number of benzene rings is 1. The molecule has 1 rings (SSSR count). The summed E-state index contributed by atoms with van der Waals surface area (Å²) in [6.45, 7) is 5.97. The molecule has 0 heterocycles. The summed E-state index contributed by atoms with van der Waals surface area (Å²) in [7, 11) is 0. The summed E-state index contributed by atoms with van der Waals surface area (Å²) >= 11 is 0. The average molecular weight is 264 g/mol. The van der Waals surface area contributed by atoms with Crippen molar-refractivity contribution in [3.05, 3.63) is 29.8 Å². The minimum Gasteiger partial charge on any atom is -0.465 e. The maximum Gasteiger partial charge on any atom is 0.322 e. The van der Waals surface area contributed by atoms with Crippen LogP contribution in [0.3, 0.4) is 0 Å². The number of ether oxygens (including phenoxy) is 1. The molecule has 0 aliphatic carbocycles. The SMILES string of the molecule is CCOC(=O)C(C)NCc1ccc(NC(C)=O)cc1. The lowest BCUT2D eigenvalue weighted by atomic mass is 10.2. The number of carbonyl (C=O) groups excluding carboxylic acids is 2. The molecule has 0 saturated carbocycles. The molecule has 19 heavy (non-hydrogen) atoms. The highest BCUT2D eigenvalue weighted by molar-refractivity contribution is 5.88. The second-order valence-electron chi connectivity index (χ2n) is 4.23. The molecule has 5 heteroatoms. The summed E-state index contributed by atoms with van der Waals surface area (Å²) in [5, 5.41) is 5.78. The molecule has 1 aromatic rings. The Bertz CT molecular complexity index is 429. The predicted molar refractivity (Wildman–Crippen MR) is 73.7 cm³/mol. The van der Waals surface area contributed by atoms with E-state index >= 15 is 0 Å². The van der Waals surface area contributed by atoms with Gasteiger partial charge in [0, 0.05) is 19.2 Å². The van der Waals surface area contributed by atoms with Gasteiger partial charge in [0.25, 0.3) is 0 Å². The van der Waals surface area contributed by atoms with Crippen molar-refractivity contribution in [3.8, 4) is 0 Å². The number of anilines is 1. The van der Waals surface area contributed by atoms with Crippen LogP contribution in [0.1, 0.15) is 26.3 Å². The molecule has 0 bridgehead atoms. The Balaban J connectivity index is 2.45. The van der Waals surface area contributed by atoms with Crippen LogP contribution in [0.4, 0.5) is 5.69 Å². The number of carbonyl (C=O) groups is 2. The summed E-state index contributed by atoms with van der Waals surface area (Å²) < 4.78 is 4.91.